The Morgan fingerprint density at radius 2 is 1.50 bits per heavy atom. The van der Waals surface area contributed by atoms with E-state index in [0.29, 0.717) is 0 Å². The van der Waals surface area contributed by atoms with Gasteiger partial charge in [-0.3, -0.25) is 0 Å². The molecule has 0 aliphatic heterocycles. The molecule has 0 fully saturated rings. The molecule has 0 radical (unpaired) electrons. The number of fused-ring (bicyclic) bond motifs is 3. The largest absolute Gasteiger partial charge is 0.233 e. The normalized spacial score (nSPS) is 11.3. The van der Waals surface area contributed by atoms with Crippen LogP contribution in [0.3, 0.4) is 0 Å². The van der Waals surface area contributed by atoms with Crippen molar-refractivity contribution in [3.63, 3.8) is 0 Å². The van der Waals surface area contributed by atoms with E-state index in [2.05, 4.69) is 69.3 Å². The van der Waals surface area contributed by atoms with E-state index in [4.69, 9.17) is 9.97 Å². The Morgan fingerprint density at radius 3 is 2.25 bits per heavy atom. The van der Waals surface area contributed by atoms with Crippen LogP contribution < -0.4 is 0 Å². The summed E-state index contributed by atoms with van der Waals surface area (Å²) in [6.07, 6.45) is 0. The molecule has 1 heterocycles. The summed E-state index contributed by atoms with van der Waals surface area (Å²) in [5.41, 5.74) is 7.00. The van der Waals surface area contributed by atoms with E-state index in [1.807, 2.05) is 6.92 Å². The zero-order valence-corrected chi connectivity index (χ0v) is 14.5. The molecule has 0 bridgehead atoms. The van der Waals surface area contributed by atoms with Gasteiger partial charge >= 0.3 is 0 Å². The topological polar surface area (TPSA) is 25.8 Å². The summed E-state index contributed by atoms with van der Waals surface area (Å²) in [7, 11) is 0. The van der Waals surface area contributed by atoms with Gasteiger partial charge in [0.15, 0.2) is 0 Å². The molecule has 3 aromatic carbocycles. The molecule has 118 valence electrons. The molecule has 0 saturated carbocycles. The highest BCUT2D eigenvalue weighted by molar-refractivity contribution is 6.10. The summed E-state index contributed by atoms with van der Waals surface area (Å²) in [4.78, 5) is 9.56. The minimum absolute atomic E-state index is 0.812. The Balaban J connectivity index is 2.15. The third-order valence-corrected chi connectivity index (χ3v) is 4.52. The van der Waals surface area contributed by atoms with Gasteiger partial charge in [-0.25, -0.2) is 9.97 Å². The van der Waals surface area contributed by atoms with Gasteiger partial charge in [0.2, 0.25) is 0 Å². The first-order valence-electron chi connectivity index (χ1n) is 8.28. The highest BCUT2D eigenvalue weighted by Gasteiger charge is 2.12. The predicted octanol–water partition coefficient (Wildman–Crippen LogP) is 5.68. The molecule has 0 saturated heterocycles. The first-order valence-corrected chi connectivity index (χ1v) is 8.28. The van der Waals surface area contributed by atoms with Crippen molar-refractivity contribution in [2.24, 2.45) is 0 Å². The summed E-state index contributed by atoms with van der Waals surface area (Å²) >= 11 is 0. The van der Waals surface area contributed by atoms with Crippen molar-refractivity contribution in [3.8, 4) is 11.3 Å². The van der Waals surface area contributed by atoms with E-state index < -0.39 is 0 Å². The standard InChI is InChI=1S/C22H20N2/c1-13-10-14(2)12-18(11-13)21-19-9-8-17-7-5-6-15(3)20(17)22(19)24-16(4)23-21/h5-12H,1-4H3. The van der Waals surface area contributed by atoms with Crippen LogP contribution in [0.5, 0.6) is 0 Å². The third kappa shape index (κ3) is 2.35. The maximum Gasteiger partial charge on any atom is 0.126 e. The number of aromatic nitrogens is 2. The van der Waals surface area contributed by atoms with Crippen molar-refractivity contribution in [3.05, 3.63) is 71.0 Å². The second-order valence-corrected chi connectivity index (χ2v) is 6.63. The predicted molar refractivity (Wildman–Crippen MR) is 101 cm³/mol. The maximum atomic E-state index is 4.78. The number of rotatable bonds is 1. The van der Waals surface area contributed by atoms with Gasteiger partial charge in [-0.2, -0.15) is 0 Å². The van der Waals surface area contributed by atoms with Crippen molar-refractivity contribution in [1.82, 2.24) is 9.97 Å². The van der Waals surface area contributed by atoms with Gasteiger partial charge < -0.3 is 0 Å². The third-order valence-electron chi connectivity index (χ3n) is 4.52. The number of hydrogen-bond acceptors (Lipinski definition) is 2. The average Bonchev–Trinajstić information content (AvgIpc) is 2.53. The quantitative estimate of drug-likeness (QED) is 0.422. The van der Waals surface area contributed by atoms with E-state index in [9.17, 15) is 0 Å². The second kappa shape index (κ2) is 5.41. The Labute approximate surface area is 142 Å². The lowest BCUT2D eigenvalue weighted by molar-refractivity contribution is 1.10. The Bertz CT molecular complexity index is 1070. The van der Waals surface area contributed by atoms with Gasteiger partial charge in [0, 0.05) is 16.3 Å². The lowest BCUT2D eigenvalue weighted by Gasteiger charge is -2.12. The summed E-state index contributed by atoms with van der Waals surface area (Å²) in [5, 5.41) is 3.57. The monoisotopic (exact) mass is 312 g/mol. The fraction of sp³-hybridized carbons (Fsp3) is 0.182. The van der Waals surface area contributed by atoms with E-state index in [0.717, 1.165) is 28.0 Å². The molecule has 0 unspecified atom stereocenters. The second-order valence-electron chi connectivity index (χ2n) is 6.63. The SMILES string of the molecule is Cc1cc(C)cc(-c2nc(C)nc3c2ccc2cccc(C)c23)c1. The van der Waals surface area contributed by atoms with Crippen LogP contribution in [0.25, 0.3) is 32.9 Å². The van der Waals surface area contributed by atoms with E-state index in [1.165, 1.54) is 27.5 Å². The smallest absolute Gasteiger partial charge is 0.126 e. The maximum absolute atomic E-state index is 4.78. The first kappa shape index (κ1) is 14.8. The molecule has 0 spiro atoms. The fourth-order valence-electron chi connectivity index (χ4n) is 3.59. The molecular weight excluding hydrogens is 292 g/mol. The highest BCUT2D eigenvalue weighted by Crippen LogP contribution is 2.33. The molecule has 0 amide bonds. The van der Waals surface area contributed by atoms with Crippen LogP contribution in [-0.2, 0) is 0 Å². The minimum atomic E-state index is 0.812. The lowest BCUT2D eigenvalue weighted by Crippen LogP contribution is -1.96. The van der Waals surface area contributed by atoms with Gasteiger partial charge in [-0.05, 0) is 56.8 Å². The van der Waals surface area contributed by atoms with Crippen molar-refractivity contribution in [2.45, 2.75) is 27.7 Å². The Kier molecular flexibility index (Phi) is 3.34. The Morgan fingerprint density at radius 1 is 0.750 bits per heavy atom. The Hall–Kier alpha value is -2.74. The van der Waals surface area contributed by atoms with E-state index in [1.54, 1.807) is 0 Å². The minimum Gasteiger partial charge on any atom is -0.233 e. The zero-order valence-electron chi connectivity index (χ0n) is 14.5. The van der Waals surface area contributed by atoms with Gasteiger partial charge in [-0.15, -0.1) is 0 Å². The first-order chi connectivity index (χ1) is 11.5. The molecule has 24 heavy (non-hydrogen) atoms. The number of benzene rings is 3. The lowest BCUT2D eigenvalue weighted by atomic mass is 9.97. The molecule has 0 atom stereocenters. The van der Waals surface area contributed by atoms with Crippen LogP contribution >= 0.6 is 0 Å². The van der Waals surface area contributed by atoms with Gasteiger partial charge in [-0.1, -0.05) is 41.5 Å². The van der Waals surface area contributed by atoms with Crippen molar-refractivity contribution >= 4 is 21.7 Å². The number of hydrogen-bond donors (Lipinski definition) is 0. The molecule has 2 nitrogen and oxygen atoms in total. The molecule has 4 rings (SSSR count). The van der Waals surface area contributed by atoms with Crippen LogP contribution in [0.1, 0.15) is 22.5 Å². The molecule has 4 aromatic rings. The van der Waals surface area contributed by atoms with E-state index in [-0.39, 0.29) is 0 Å². The summed E-state index contributed by atoms with van der Waals surface area (Å²) in [6.45, 7) is 8.39. The molecule has 0 aliphatic rings. The molecule has 0 aliphatic carbocycles. The molecule has 2 heteroatoms. The van der Waals surface area contributed by atoms with Crippen LogP contribution in [0.15, 0.2) is 48.5 Å². The molecular formula is C22H20N2. The summed E-state index contributed by atoms with van der Waals surface area (Å²) in [6, 6.07) is 17.3. The van der Waals surface area contributed by atoms with Gasteiger partial charge in [0.25, 0.3) is 0 Å². The van der Waals surface area contributed by atoms with Crippen LogP contribution in [-0.4, -0.2) is 9.97 Å². The summed E-state index contributed by atoms with van der Waals surface area (Å²) in [5.74, 6) is 0.812. The molecule has 0 N–H and O–H groups in total. The number of aryl methyl sites for hydroxylation is 4. The van der Waals surface area contributed by atoms with Gasteiger partial charge in [0.1, 0.15) is 5.82 Å². The van der Waals surface area contributed by atoms with Crippen LogP contribution in [0, 0.1) is 27.7 Å². The van der Waals surface area contributed by atoms with Gasteiger partial charge in [0.05, 0.1) is 11.2 Å². The average molecular weight is 312 g/mol. The van der Waals surface area contributed by atoms with Crippen molar-refractivity contribution in [2.75, 3.05) is 0 Å². The highest BCUT2D eigenvalue weighted by atomic mass is 14.9. The zero-order chi connectivity index (χ0) is 16.8. The van der Waals surface area contributed by atoms with E-state index >= 15 is 0 Å². The molecule has 1 aromatic heterocycles. The van der Waals surface area contributed by atoms with Crippen LogP contribution in [0.2, 0.25) is 0 Å². The number of nitrogens with zero attached hydrogens (tertiary/aromatic N) is 2. The van der Waals surface area contributed by atoms with Crippen molar-refractivity contribution < 1.29 is 0 Å². The van der Waals surface area contributed by atoms with Crippen LogP contribution in [0.4, 0.5) is 0 Å². The fourth-order valence-corrected chi connectivity index (χ4v) is 3.59. The van der Waals surface area contributed by atoms with Crippen molar-refractivity contribution in [1.29, 1.82) is 0 Å². The summed E-state index contributed by atoms with van der Waals surface area (Å²) < 4.78 is 0.